The maximum atomic E-state index is 10.4. The van der Waals surface area contributed by atoms with Crippen molar-refractivity contribution in [2.75, 3.05) is 37.8 Å². The topological polar surface area (TPSA) is 69.0 Å². The van der Waals surface area contributed by atoms with E-state index in [0.29, 0.717) is 22.9 Å². The highest BCUT2D eigenvalue weighted by molar-refractivity contribution is 7.73. The summed E-state index contributed by atoms with van der Waals surface area (Å²) in [6.07, 6.45) is -0.725. The minimum absolute atomic E-state index is 0.144. The molecule has 158 valence electrons. The van der Waals surface area contributed by atoms with Crippen LogP contribution in [0.15, 0.2) is 54.6 Å². The molecule has 0 bridgehead atoms. The Labute approximate surface area is 184 Å². The van der Waals surface area contributed by atoms with Crippen LogP contribution in [0.4, 0.5) is 5.13 Å². The van der Waals surface area contributed by atoms with Crippen LogP contribution in [0.2, 0.25) is 0 Å². The number of anilines is 1. The summed E-state index contributed by atoms with van der Waals surface area (Å²) in [6, 6.07) is 16.9. The van der Waals surface area contributed by atoms with Gasteiger partial charge in [0.2, 0.25) is 5.13 Å². The molecule has 0 aliphatic carbocycles. The van der Waals surface area contributed by atoms with Gasteiger partial charge in [-0.25, -0.2) is 4.68 Å². The quantitative estimate of drug-likeness (QED) is 0.530. The molecule has 1 aliphatic heterocycles. The van der Waals surface area contributed by atoms with Crippen LogP contribution in [0.25, 0.3) is 0 Å². The molecule has 7 nitrogen and oxygen atoms in total. The Balaban J connectivity index is 1.28. The van der Waals surface area contributed by atoms with E-state index in [1.165, 1.54) is 11.3 Å². The fourth-order valence-electron chi connectivity index (χ4n) is 2.97. The van der Waals surface area contributed by atoms with Crippen molar-refractivity contribution in [1.29, 1.82) is 0 Å². The molecule has 1 atom stereocenters. The second-order valence-electron chi connectivity index (χ2n) is 6.78. The van der Waals surface area contributed by atoms with Gasteiger partial charge in [0.25, 0.3) is 0 Å². The highest BCUT2D eigenvalue weighted by atomic mass is 32.1. The predicted octanol–water partition coefficient (Wildman–Crippen LogP) is 3.74. The van der Waals surface area contributed by atoms with E-state index < -0.39 is 6.10 Å². The lowest BCUT2D eigenvalue weighted by Crippen LogP contribution is -2.36. The zero-order chi connectivity index (χ0) is 20.8. The molecule has 1 aliphatic rings. The molecule has 9 heteroatoms. The third kappa shape index (κ3) is 5.57. The van der Waals surface area contributed by atoms with E-state index in [-0.39, 0.29) is 13.2 Å². The van der Waals surface area contributed by atoms with Gasteiger partial charge in [0.1, 0.15) is 30.0 Å². The molecule has 0 spiro atoms. The van der Waals surface area contributed by atoms with Crippen LogP contribution in [-0.2, 0) is 11.3 Å². The van der Waals surface area contributed by atoms with E-state index in [1.807, 2.05) is 54.6 Å². The Morgan fingerprint density at radius 3 is 2.43 bits per heavy atom. The van der Waals surface area contributed by atoms with Gasteiger partial charge in [-0.15, -0.1) is 5.10 Å². The summed E-state index contributed by atoms with van der Waals surface area (Å²) >= 11 is 6.85. The highest BCUT2D eigenvalue weighted by Gasteiger charge is 2.17. The lowest BCUT2D eigenvalue weighted by molar-refractivity contribution is 0.0889. The third-order valence-electron chi connectivity index (χ3n) is 4.51. The van der Waals surface area contributed by atoms with Crippen LogP contribution in [0.1, 0.15) is 0 Å². The zero-order valence-corrected chi connectivity index (χ0v) is 18.0. The number of hydrogen-bond donors (Lipinski definition) is 1. The average molecular weight is 446 g/mol. The summed E-state index contributed by atoms with van der Waals surface area (Å²) in [5.74, 6) is 2.15. The van der Waals surface area contributed by atoms with Crippen molar-refractivity contribution in [2.24, 2.45) is 0 Å². The Morgan fingerprint density at radius 1 is 1.03 bits per heavy atom. The Kier molecular flexibility index (Phi) is 6.96. The smallest absolute Gasteiger partial charge is 0.207 e. The molecule has 0 amide bonds. The van der Waals surface area contributed by atoms with Crippen molar-refractivity contribution in [1.82, 2.24) is 9.78 Å². The van der Waals surface area contributed by atoms with Crippen LogP contribution in [0.3, 0.4) is 0 Å². The molecule has 0 radical (unpaired) electrons. The molecule has 1 N–H and O–H groups in total. The number of aliphatic hydroxyl groups excluding tert-OH is 1. The number of nitrogens with zero attached hydrogens (tertiary/aromatic N) is 3. The summed E-state index contributed by atoms with van der Waals surface area (Å²) in [5, 5.41) is 15.8. The molecular weight excluding hydrogens is 422 g/mol. The van der Waals surface area contributed by atoms with Gasteiger partial charge >= 0.3 is 0 Å². The minimum atomic E-state index is -0.725. The Morgan fingerprint density at radius 2 is 1.70 bits per heavy atom. The number of para-hydroxylation sites is 1. The van der Waals surface area contributed by atoms with Gasteiger partial charge in [-0.2, -0.15) is 0 Å². The molecule has 3 aromatic rings. The van der Waals surface area contributed by atoms with Crippen molar-refractivity contribution in [3.8, 4) is 17.2 Å². The number of aromatic nitrogens is 2. The van der Waals surface area contributed by atoms with Crippen LogP contribution >= 0.6 is 23.6 Å². The molecule has 0 saturated carbocycles. The van der Waals surface area contributed by atoms with Crippen LogP contribution in [-0.4, -0.2) is 53.9 Å². The minimum Gasteiger partial charge on any atom is -0.491 e. The van der Waals surface area contributed by atoms with E-state index in [4.69, 9.17) is 26.4 Å². The Hall–Kier alpha value is -2.46. The lowest BCUT2D eigenvalue weighted by atomic mass is 10.3. The van der Waals surface area contributed by atoms with Gasteiger partial charge in [-0.3, -0.25) is 0 Å². The number of aliphatic hydroxyl groups is 1. The first-order chi connectivity index (χ1) is 14.7. The summed E-state index contributed by atoms with van der Waals surface area (Å²) < 4.78 is 19.1. The molecule has 1 saturated heterocycles. The van der Waals surface area contributed by atoms with Crippen molar-refractivity contribution < 1.29 is 19.3 Å². The predicted molar refractivity (Wildman–Crippen MR) is 118 cm³/mol. The van der Waals surface area contributed by atoms with Gasteiger partial charge in [-0.1, -0.05) is 29.5 Å². The standard InChI is InChI=1S/C21H23N3O4S2/c25-16(14-24-21(29)30-20(22-24)23-10-12-26-13-11-23)15-27-17-6-8-19(9-7-17)28-18-4-2-1-3-5-18/h1-9,16,25H,10-15H2. The fraction of sp³-hybridized carbons (Fsp3) is 0.333. The molecule has 1 fully saturated rings. The van der Waals surface area contributed by atoms with Gasteiger partial charge in [-0.05, 0) is 48.6 Å². The molecule has 4 rings (SSSR count). The van der Waals surface area contributed by atoms with E-state index in [1.54, 1.807) is 4.68 Å². The highest BCUT2D eigenvalue weighted by Crippen LogP contribution is 2.24. The third-order valence-corrected chi connectivity index (χ3v) is 5.87. The second kappa shape index (κ2) is 10.0. The fourth-order valence-corrected chi connectivity index (χ4v) is 4.13. The van der Waals surface area contributed by atoms with Gasteiger partial charge in [0.05, 0.1) is 19.8 Å². The molecule has 1 aromatic heterocycles. The van der Waals surface area contributed by atoms with Crippen molar-refractivity contribution in [3.05, 3.63) is 58.6 Å². The summed E-state index contributed by atoms with van der Waals surface area (Å²) in [6.45, 7) is 3.42. The SMILES string of the molecule is OC(COc1ccc(Oc2ccccc2)cc1)Cn1nc(N2CCOCC2)sc1=S. The van der Waals surface area contributed by atoms with Crippen molar-refractivity contribution in [3.63, 3.8) is 0 Å². The van der Waals surface area contributed by atoms with E-state index in [0.717, 1.165) is 29.7 Å². The molecule has 1 unspecified atom stereocenters. The molecule has 2 aromatic carbocycles. The Bertz CT molecular complexity index is 985. The van der Waals surface area contributed by atoms with Crippen LogP contribution in [0.5, 0.6) is 17.2 Å². The summed E-state index contributed by atoms with van der Waals surface area (Å²) in [5.41, 5.74) is 0. The average Bonchev–Trinajstić information content (AvgIpc) is 3.15. The van der Waals surface area contributed by atoms with Gasteiger partial charge in [0, 0.05) is 13.1 Å². The number of hydrogen-bond acceptors (Lipinski definition) is 8. The number of rotatable bonds is 8. The van der Waals surface area contributed by atoms with Crippen LogP contribution < -0.4 is 14.4 Å². The maximum Gasteiger partial charge on any atom is 0.207 e. The summed E-state index contributed by atoms with van der Waals surface area (Å²) in [7, 11) is 0. The normalized spacial score (nSPS) is 15.0. The molecular formula is C21H23N3O4S2. The van der Waals surface area contributed by atoms with Gasteiger partial charge < -0.3 is 24.2 Å². The molecule has 2 heterocycles. The lowest BCUT2D eigenvalue weighted by Gasteiger charge is -2.25. The van der Waals surface area contributed by atoms with E-state index >= 15 is 0 Å². The second-order valence-corrected chi connectivity index (χ2v) is 8.38. The maximum absolute atomic E-state index is 10.4. The number of benzene rings is 2. The molecule has 30 heavy (non-hydrogen) atoms. The largest absolute Gasteiger partial charge is 0.491 e. The van der Waals surface area contributed by atoms with Crippen LogP contribution in [0, 0.1) is 3.95 Å². The first-order valence-corrected chi connectivity index (χ1v) is 10.9. The first kappa shape index (κ1) is 20.8. The number of morpholine rings is 1. The summed E-state index contributed by atoms with van der Waals surface area (Å²) in [4.78, 5) is 2.16. The van der Waals surface area contributed by atoms with E-state index in [2.05, 4.69) is 10.00 Å². The zero-order valence-electron chi connectivity index (χ0n) is 16.3. The van der Waals surface area contributed by atoms with Crippen molar-refractivity contribution in [2.45, 2.75) is 12.6 Å². The monoisotopic (exact) mass is 445 g/mol. The number of ether oxygens (including phenoxy) is 3. The van der Waals surface area contributed by atoms with Crippen molar-refractivity contribution >= 4 is 28.7 Å². The van der Waals surface area contributed by atoms with E-state index in [9.17, 15) is 5.11 Å². The first-order valence-electron chi connectivity index (χ1n) is 9.72. The van der Waals surface area contributed by atoms with Gasteiger partial charge in [0.15, 0.2) is 3.95 Å².